The third-order valence-electron chi connectivity index (χ3n) is 5.87. The van der Waals surface area contributed by atoms with Crippen LogP contribution in [0.2, 0.25) is 15.1 Å². The van der Waals surface area contributed by atoms with Crippen LogP contribution in [0.1, 0.15) is 20.2 Å². The van der Waals surface area contributed by atoms with Gasteiger partial charge < -0.3 is 19.5 Å². The van der Waals surface area contributed by atoms with Crippen LogP contribution in [0.4, 0.5) is 11.4 Å². The highest BCUT2D eigenvalue weighted by atomic mass is 35.5. The summed E-state index contributed by atoms with van der Waals surface area (Å²) in [7, 11) is 0. The number of hydrogen-bond acceptors (Lipinski definition) is 5. The van der Waals surface area contributed by atoms with E-state index in [1.165, 1.54) is 11.3 Å². The van der Waals surface area contributed by atoms with Gasteiger partial charge in [0.2, 0.25) is 0 Å². The number of halogens is 3. The predicted octanol–water partition coefficient (Wildman–Crippen LogP) is 7.18. The minimum Gasteiger partial charge on any atom is -0.451 e. The molecule has 4 aromatic rings. The molecule has 0 radical (unpaired) electrons. The maximum atomic E-state index is 12.8. The Bertz CT molecular complexity index is 1410. The number of amides is 2. The van der Waals surface area contributed by atoms with Gasteiger partial charge in [-0.05, 0) is 60.0 Å². The van der Waals surface area contributed by atoms with E-state index in [1.807, 2.05) is 28.5 Å². The van der Waals surface area contributed by atoms with E-state index in [-0.39, 0.29) is 11.7 Å². The predicted molar refractivity (Wildman–Crippen MR) is 146 cm³/mol. The summed E-state index contributed by atoms with van der Waals surface area (Å²) >= 11 is 20.3. The molecule has 0 unspecified atom stereocenters. The molecule has 1 N–H and O–H groups in total. The van der Waals surface area contributed by atoms with Gasteiger partial charge in [0.25, 0.3) is 11.8 Å². The van der Waals surface area contributed by atoms with Gasteiger partial charge in [0.05, 0.1) is 20.6 Å². The number of furan rings is 1. The van der Waals surface area contributed by atoms with Crippen molar-refractivity contribution in [3.05, 3.63) is 91.7 Å². The second kappa shape index (κ2) is 10.6. The van der Waals surface area contributed by atoms with Crippen molar-refractivity contribution in [2.45, 2.75) is 0 Å². The van der Waals surface area contributed by atoms with Gasteiger partial charge in [-0.15, -0.1) is 11.3 Å². The molecule has 36 heavy (non-hydrogen) atoms. The molecule has 0 atom stereocenters. The number of carbonyl (C=O) groups is 2. The van der Waals surface area contributed by atoms with Crippen LogP contribution in [0, 0.1) is 0 Å². The molecule has 0 saturated carbocycles. The maximum Gasteiger partial charge on any atom is 0.291 e. The summed E-state index contributed by atoms with van der Waals surface area (Å²) in [4.78, 5) is 30.1. The molecule has 1 aliphatic rings. The van der Waals surface area contributed by atoms with Gasteiger partial charge in [0.1, 0.15) is 5.76 Å². The Labute approximate surface area is 227 Å². The van der Waals surface area contributed by atoms with Gasteiger partial charge in [0.15, 0.2) is 5.76 Å². The number of hydrogen-bond donors (Lipinski definition) is 1. The zero-order valence-corrected chi connectivity index (χ0v) is 21.9. The quantitative estimate of drug-likeness (QED) is 0.281. The zero-order valence-electron chi connectivity index (χ0n) is 18.8. The van der Waals surface area contributed by atoms with Crippen molar-refractivity contribution in [1.82, 2.24) is 4.90 Å². The fourth-order valence-corrected chi connectivity index (χ4v) is 5.40. The van der Waals surface area contributed by atoms with Crippen LogP contribution in [-0.2, 0) is 0 Å². The number of carbonyl (C=O) groups excluding carboxylic acids is 2. The maximum absolute atomic E-state index is 12.8. The summed E-state index contributed by atoms with van der Waals surface area (Å²) in [5.74, 6) is 0.224. The summed E-state index contributed by atoms with van der Waals surface area (Å²) in [6.45, 7) is 2.57. The van der Waals surface area contributed by atoms with E-state index in [0.29, 0.717) is 58.3 Å². The second-order valence-electron chi connectivity index (χ2n) is 8.16. The molecule has 0 aliphatic carbocycles. The molecule has 6 nitrogen and oxygen atoms in total. The summed E-state index contributed by atoms with van der Waals surface area (Å²) < 4.78 is 5.72. The lowest BCUT2D eigenvalue weighted by Crippen LogP contribution is -2.48. The molecule has 2 aromatic heterocycles. The van der Waals surface area contributed by atoms with Crippen molar-refractivity contribution in [2.75, 3.05) is 36.4 Å². The highest BCUT2D eigenvalue weighted by Crippen LogP contribution is 2.33. The van der Waals surface area contributed by atoms with E-state index in [2.05, 4.69) is 10.2 Å². The van der Waals surface area contributed by atoms with E-state index in [1.54, 1.807) is 42.5 Å². The van der Waals surface area contributed by atoms with Crippen LogP contribution >= 0.6 is 46.1 Å². The third-order valence-corrected chi connectivity index (χ3v) is 7.59. The Kier molecular flexibility index (Phi) is 7.25. The average Bonchev–Trinajstić information content (AvgIpc) is 3.58. The van der Waals surface area contributed by atoms with E-state index < -0.39 is 5.91 Å². The van der Waals surface area contributed by atoms with Crippen LogP contribution in [0.25, 0.3) is 11.3 Å². The largest absolute Gasteiger partial charge is 0.451 e. The van der Waals surface area contributed by atoms with Crippen LogP contribution in [0.5, 0.6) is 0 Å². The zero-order chi connectivity index (χ0) is 25.2. The SMILES string of the molecule is O=C(Nc1ccc(N2CCN(C(=O)c3cccs3)CC2)c(Cl)c1)c1ccc(-c2cc(Cl)ccc2Cl)o1. The lowest BCUT2D eigenvalue weighted by Gasteiger charge is -2.36. The van der Waals surface area contributed by atoms with Crippen LogP contribution in [0.3, 0.4) is 0 Å². The van der Waals surface area contributed by atoms with E-state index in [0.717, 1.165) is 10.6 Å². The van der Waals surface area contributed by atoms with E-state index in [9.17, 15) is 9.59 Å². The molecule has 184 valence electrons. The van der Waals surface area contributed by atoms with Crippen molar-refractivity contribution in [1.29, 1.82) is 0 Å². The first-order valence-corrected chi connectivity index (χ1v) is 13.1. The Morgan fingerprint density at radius 3 is 2.42 bits per heavy atom. The topological polar surface area (TPSA) is 65.8 Å². The lowest BCUT2D eigenvalue weighted by molar-refractivity contribution is 0.0751. The van der Waals surface area contributed by atoms with Gasteiger partial charge in [-0.1, -0.05) is 40.9 Å². The molecule has 2 amide bonds. The summed E-state index contributed by atoms with van der Waals surface area (Å²) in [6, 6.07) is 17.4. The molecule has 1 saturated heterocycles. The number of rotatable bonds is 5. The Balaban J connectivity index is 1.22. The number of nitrogens with zero attached hydrogens (tertiary/aromatic N) is 2. The highest BCUT2D eigenvalue weighted by molar-refractivity contribution is 7.12. The van der Waals surface area contributed by atoms with Gasteiger partial charge >= 0.3 is 0 Å². The molecular formula is C26H20Cl3N3O3S. The molecule has 5 rings (SSSR count). The van der Waals surface area contributed by atoms with Crippen molar-refractivity contribution in [3.8, 4) is 11.3 Å². The molecule has 3 heterocycles. The Morgan fingerprint density at radius 1 is 0.889 bits per heavy atom. The minimum absolute atomic E-state index is 0.0625. The normalized spacial score (nSPS) is 13.6. The number of benzene rings is 2. The van der Waals surface area contributed by atoms with Gasteiger partial charge in [-0.25, -0.2) is 0 Å². The Hall–Kier alpha value is -2.97. The number of thiophene rings is 1. The van der Waals surface area contributed by atoms with Crippen molar-refractivity contribution in [3.63, 3.8) is 0 Å². The van der Waals surface area contributed by atoms with E-state index >= 15 is 0 Å². The fraction of sp³-hybridized carbons (Fsp3) is 0.154. The number of anilines is 2. The van der Waals surface area contributed by atoms with Crippen molar-refractivity contribution in [2.24, 2.45) is 0 Å². The first-order valence-electron chi connectivity index (χ1n) is 11.1. The summed E-state index contributed by atoms with van der Waals surface area (Å²) in [5, 5.41) is 6.22. The number of piperazine rings is 1. The summed E-state index contributed by atoms with van der Waals surface area (Å²) in [5.41, 5.74) is 2.00. The molecule has 10 heteroatoms. The van der Waals surface area contributed by atoms with Crippen molar-refractivity contribution < 1.29 is 14.0 Å². The first kappa shape index (κ1) is 24.7. The molecule has 0 bridgehead atoms. The van der Waals surface area contributed by atoms with Gasteiger partial charge in [-0.2, -0.15) is 0 Å². The molecular weight excluding hydrogens is 541 g/mol. The van der Waals surface area contributed by atoms with Crippen LogP contribution in [0.15, 0.2) is 70.5 Å². The monoisotopic (exact) mass is 559 g/mol. The average molecular weight is 561 g/mol. The smallest absolute Gasteiger partial charge is 0.291 e. The highest BCUT2D eigenvalue weighted by Gasteiger charge is 2.24. The fourth-order valence-electron chi connectivity index (χ4n) is 4.03. The van der Waals surface area contributed by atoms with Crippen molar-refractivity contribution >= 4 is 69.3 Å². The second-order valence-corrected chi connectivity index (χ2v) is 10.4. The lowest BCUT2D eigenvalue weighted by atomic mass is 10.2. The van der Waals surface area contributed by atoms with Gasteiger partial charge in [-0.3, -0.25) is 9.59 Å². The van der Waals surface area contributed by atoms with E-state index in [4.69, 9.17) is 39.2 Å². The first-order chi connectivity index (χ1) is 17.4. The third kappa shape index (κ3) is 5.25. The molecule has 1 aliphatic heterocycles. The molecule has 2 aromatic carbocycles. The Morgan fingerprint density at radius 2 is 1.69 bits per heavy atom. The molecule has 1 fully saturated rings. The molecule has 0 spiro atoms. The van der Waals surface area contributed by atoms with Gasteiger partial charge in [0, 0.05) is 42.5 Å². The van der Waals surface area contributed by atoms with Crippen LogP contribution < -0.4 is 10.2 Å². The minimum atomic E-state index is -0.413. The van der Waals surface area contributed by atoms with Crippen LogP contribution in [-0.4, -0.2) is 42.9 Å². The number of nitrogens with one attached hydrogen (secondary N) is 1. The standard InChI is InChI=1S/C26H20Cl3N3O3S/c27-16-3-5-19(28)18(14-16)22-7-8-23(35-22)25(33)30-17-4-6-21(20(29)15-17)31-9-11-32(12-10-31)26(34)24-2-1-13-36-24/h1-8,13-15H,9-12H2,(H,30,33). The summed E-state index contributed by atoms with van der Waals surface area (Å²) in [6.07, 6.45) is 0.